The first kappa shape index (κ1) is 27.1. The molecule has 1 amide bonds. The van der Waals surface area contributed by atoms with Gasteiger partial charge in [0.2, 0.25) is 5.95 Å². The van der Waals surface area contributed by atoms with Crippen LogP contribution in [0.15, 0.2) is 42.6 Å². The van der Waals surface area contributed by atoms with Crippen molar-refractivity contribution in [1.82, 2.24) is 14.9 Å². The van der Waals surface area contributed by atoms with Crippen molar-refractivity contribution in [3.8, 4) is 6.07 Å². The SMILES string of the molecule is N#Cc1cccc(Cl)c1NC(=O)c1nc(Nc2ccc(N3CCC(N4CCOCC4)CC3)c(F)c2)ncc1Cl. The van der Waals surface area contributed by atoms with Crippen LogP contribution in [-0.4, -0.2) is 66.2 Å². The number of piperidine rings is 1. The number of para-hydroxylation sites is 1. The molecule has 0 spiro atoms. The Morgan fingerprint density at radius 1 is 1.10 bits per heavy atom. The summed E-state index contributed by atoms with van der Waals surface area (Å²) in [4.78, 5) is 25.8. The first-order valence-corrected chi connectivity index (χ1v) is 13.3. The first-order chi connectivity index (χ1) is 18.9. The molecule has 0 aliphatic carbocycles. The third kappa shape index (κ3) is 6.23. The van der Waals surface area contributed by atoms with Gasteiger partial charge in [-0.1, -0.05) is 29.3 Å². The number of carbonyl (C=O) groups is 1. The molecule has 2 saturated heterocycles. The molecule has 12 heteroatoms. The second-order valence-electron chi connectivity index (χ2n) is 9.28. The van der Waals surface area contributed by atoms with Crippen molar-refractivity contribution < 1.29 is 13.9 Å². The van der Waals surface area contributed by atoms with Crippen LogP contribution in [0.2, 0.25) is 10.0 Å². The van der Waals surface area contributed by atoms with Crippen LogP contribution in [0.1, 0.15) is 28.9 Å². The van der Waals surface area contributed by atoms with Gasteiger partial charge in [0.05, 0.1) is 46.4 Å². The summed E-state index contributed by atoms with van der Waals surface area (Å²) in [5, 5.41) is 15.0. The first-order valence-electron chi connectivity index (χ1n) is 12.6. The van der Waals surface area contributed by atoms with E-state index < -0.39 is 5.91 Å². The minimum Gasteiger partial charge on any atom is -0.379 e. The van der Waals surface area contributed by atoms with Crippen molar-refractivity contribution in [3.05, 3.63) is 69.7 Å². The highest BCUT2D eigenvalue weighted by atomic mass is 35.5. The number of nitriles is 1. The summed E-state index contributed by atoms with van der Waals surface area (Å²) >= 11 is 12.3. The van der Waals surface area contributed by atoms with Crippen molar-refractivity contribution in [1.29, 1.82) is 5.26 Å². The van der Waals surface area contributed by atoms with E-state index in [0.29, 0.717) is 17.4 Å². The molecule has 202 valence electrons. The lowest BCUT2D eigenvalue weighted by Crippen LogP contribution is -2.49. The van der Waals surface area contributed by atoms with E-state index in [1.807, 2.05) is 6.07 Å². The van der Waals surface area contributed by atoms with Crippen LogP contribution >= 0.6 is 23.2 Å². The van der Waals surface area contributed by atoms with Crippen LogP contribution in [0.3, 0.4) is 0 Å². The summed E-state index contributed by atoms with van der Waals surface area (Å²) in [7, 11) is 0. The molecular weight excluding hydrogens is 544 g/mol. The van der Waals surface area contributed by atoms with Gasteiger partial charge in [-0.2, -0.15) is 5.26 Å². The molecule has 5 rings (SSSR count). The van der Waals surface area contributed by atoms with E-state index in [1.54, 1.807) is 24.3 Å². The van der Waals surface area contributed by atoms with E-state index in [0.717, 1.165) is 52.2 Å². The number of hydrogen-bond acceptors (Lipinski definition) is 8. The molecule has 0 radical (unpaired) electrons. The van der Waals surface area contributed by atoms with Crippen molar-refractivity contribution in [2.45, 2.75) is 18.9 Å². The Balaban J connectivity index is 1.25. The largest absolute Gasteiger partial charge is 0.379 e. The number of aromatic nitrogens is 2. The molecule has 2 fully saturated rings. The number of benzene rings is 2. The lowest BCUT2D eigenvalue weighted by Gasteiger charge is -2.40. The van der Waals surface area contributed by atoms with Crippen LogP contribution in [0.25, 0.3) is 0 Å². The number of nitrogens with one attached hydrogen (secondary N) is 2. The molecule has 0 saturated carbocycles. The molecule has 39 heavy (non-hydrogen) atoms. The van der Waals surface area contributed by atoms with E-state index in [-0.39, 0.29) is 38.8 Å². The zero-order chi connectivity index (χ0) is 27.4. The minimum absolute atomic E-state index is 0.00521. The number of halogens is 3. The fourth-order valence-corrected chi connectivity index (χ4v) is 5.29. The van der Waals surface area contributed by atoms with Crippen LogP contribution < -0.4 is 15.5 Å². The van der Waals surface area contributed by atoms with Crippen molar-refractivity contribution in [2.24, 2.45) is 0 Å². The number of rotatable bonds is 6. The smallest absolute Gasteiger partial charge is 0.276 e. The molecule has 3 heterocycles. The quantitative estimate of drug-likeness (QED) is 0.422. The molecule has 2 N–H and O–H groups in total. The number of morpholine rings is 1. The monoisotopic (exact) mass is 569 g/mol. The second-order valence-corrected chi connectivity index (χ2v) is 10.1. The van der Waals surface area contributed by atoms with Gasteiger partial charge in [-0.15, -0.1) is 0 Å². The second kappa shape index (κ2) is 12.1. The van der Waals surface area contributed by atoms with Crippen molar-refractivity contribution in [2.75, 3.05) is 54.9 Å². The van der Waals surface area contributed by atoms with E-state index >= 15 is 4.39 Å². The van der Waals surface area contributed by atoms with Gasteiger partial charge in [-0.25, -0.2) is 14.4 Å². The predicted octanol–water partition coefficient (Wildman–Crippen LogP) is 5.09. The highest BCUT2D eigenvalue weighted by Crippen LogP contribution is 2.29. The van der Waals surface area contributed by atoms with Gasteiger partial charge < -0.3 is 20.3 Å². The topological polar surface area (TPSA) is 106 Å². The summed E-state index contributed by atoms with van der Waals surface area (Å²) in [6.07, 6.45) is 3.23. The van der Waals surface area contributed by atoms with E-state index in [2.05, 4.69) is 30.4 Å². The maximum atomic E-state index is 15.1. The third-order valence-electron chi connectivity index (χ3n) is 6.90. The Morgan fingerprint density at radius 3 is 2.59 bits per heavy atom. The Kier molecular flexibility index (Phi) is 8.43. The fraction of sp³-hybridized carbons (Fsp3) is 0.333. The molecule has 3 aromatic rings. The van der Waals surface area contributed by atoms with Crippen LogP contribution in [0.5, 0.6) is 0 Å². The molecule has 2 aliphatic heterocycles. The van der Waals surface area contributed by atoms with Crippen molar-refractivity contribution in [3.63, 3.8) is 0 Å². The number of ether oxygens (including phenoxy) is 1. The normalized spacial score (nSPS) is 16.5. The highest BCUT2D eigenvalue weighted by molar-refractivity contribution is 6.35. The molecule has 2 aliphatic rings. The van der Waals surface area contributed by atoms with Gasteiger partial charge in [0, 0.05) is 37.9 Å². The van der Waals surface area contributed by atoms with Crippen molar-refractivity contribution >= 4 is 52.1 Å². The molecule has 9 nitrogen and oxygen atoms in total. The molecular formula is C27H26Cl2FN7O2. The van der Waals surface area contributed by atoms with Crippen LogP contribution in [0, 0.1) is 17.1 Å². The maximum absolute atomic E-state index is 15.1. The number of carbonyl (C=O) groups excluding carboxylic acids is 1. The number of anilines is 4. The number of amides is 1. The molecule has 0 atom stereocenters. The Morgan fingerprint density at radius 2 is 1.87 bits per heavy atom. The number of nitrogens with zero attached hydrogens (tertiary/aromatic N) is 5. The Labute approximate surface area is 235 Å². The van der Waals surface area contributed by atoms with Gasteiger partial charge in [-0.3, -0.25) is 9.69 Å². The molecule has 1 aromatic heterocycles. The molecule has 2 aromatic carbocycles. The van der Waals surface area contributed by atoms with Gasteiger partial charge in [-0.05, 0) is 43.2 Å². The summed E-state index contributed by atoms with van der Waals surface area (Å²) in [6.45, 7) is 5.02. The van der Waals surface area contributed by atoms with Gasteiger partial charge in [0.15, 0.2) is 5.69 Å². The van der Waals surface area contributed by atoms with E-state index in [9.17, 15) is 10.1 Å². The average molecular weight is 570 g/mol. The standard InChI is InChI=1S/C27H26Cl2FN7O2/c28-20-3-1-2-17(15-31)24(20)34-26(38)25-21(29)16-32-27(35-25)33-18-4-5-23(22(30)14-18)37-8-6-19(7-9-37)36-10-12-39-13-11-36/h1-5,14,16,19H,6-13H2,(H,34,38)(H,32,33,35). The van der Waals surface area contributed by atoms with Crippen LogP contribution in [0.4, 0.5) is 27.4 Å². The van der Waals surface area contributed by atoms with Gasteiger partial charge in [0.1, 0.15) is 11.9 Å². The Hall–Kier alpha value is -3.49. The van der Waals surface area contributed by atoms with Gasteiger partial charge in [0.25, 0.3) is 5.91 Å². The van der Waals surface area contributed by atoms with Crippen LogP contribution in [-0.2, 0) is 4.74 Å². The average Bonchev–Trinajstić information content (AvgIpc) is 2.96. The summed E-state index contributed by atoms with van der Waals surface area (Å²) in [6, 6.07) is 12.0. The molecule has 0 unspecified atom stereocenters. The van der Waals surface area contributed by atoms with Gasteiger partial charge >= 0.3 is 0 Å². The number of hydrogen-bond donors (Lipinski definition) is 2. The summed E-state index contributed by atoms with van der Waals surface area (Å²) in [5.41, 5.74) is 1.19. The summed E-state index contributed by atoms with van der Waals surface area (Å²) < 4.78 is 20.6. The zero-order valence-electron chi connectivity index (χ0n) is 21.0. The van der Waals surface area contributed by atoms with E-state index in [1.165, 1.54) is 18.3 Å². The molecule has 0 bridgehead atoms. The Bertz CT molecular complexity index is 1400. The minimum atomic E-state index is -0.669. The van der Waals surface area contributed by atoms with E-state index in [4.69, 9.17) is 27.9 Å². The highest BCUT2D eigenvalue weighted by Gasteiger charge is 2.27. The zero-order valence-corrected chi connectivity index (χ0v) is 22.5. The summed E-state index contributed by atoms with van der Waals surface area (Å²) in [5.74, 6) is -0.973. The fourth-order valence-electron chi connectivity index (χ4n) is 4.89. The third-order valence-corrected chi connectivity index (χ3v) is 7.49. The lowest BCUT2D eigenvalue weighted by molar-refractivity contribution is 0.0115. The predicted molar refractivity (Wildman–Crippen MR) is 148 cm³/mol. The lowest BCUT2D eigenvalue weighted by atomic mass is 10.0. The maximum Gasteiger partial charge on any atom is 0.276 e.